The Morgan fingerprint density at radius 2 is 2.19 bits per heavy atom. The molecule has 1 atom stereocenters. The Morgan fingerprint density at radius 3 is 2.75 bits per heavy atom. The summed E-state index contributed by atoms with van der Waals surface area (Å²) in [5.74, 6) is 0. The van der Waals surface area contributed by atoms with Crippen molar-refractivity contribution < 1.29 is 4.74 Å². The second-order valence-corrected chi connectivity index (χ2v) is 4.44. The van der Waals surface area contributed by atoms with Crippen LogP contribution in [-0.2, 0) is 4.74 Å². The molecule has 1 N–H and O–H groups in total. The summed E-state index contributed by atoms with van der Waals surface area (Å²) in [6.07, 6.45) is 2.27. The lowest BCUT2D eigenvalue weighted by Crippen LogP contribution is -2.46. The third kappa shape index (κ3) is 4.93. The fraction of sp³-hybridized carbons (Fsp3) is 0.917. The first-order valence-corrected chi connectivity index (χ1v) is 6.19. The molecule has 0 saturated carbocycles. The van der Waals surface area contributed by atoms with Crippen LogP contribution in [0.1, 0.15) is 26.7 Å². The zero-order valence-electron chi connectivity index (χ0n) is 10.4. The summed E-state index contributed by atoms with van der Waals surface area (Å²) in [4.78, 5) is 2.21. The van der Waals surface area contributed by atoms with Crippen molar-refractivity contribution in [3.63, 3.8) is 0 Å². The van der Waals surface area contributed by atoms with Crippen LogP contribution < -0.4 is 5.32 Å². The molecule has 0 aromatic rings. The molecule has 0 aromatic carbocycles. The number of nitriles is 1. The van der Waals surface area contributed by atoms with E-state index in [9.17, 15) is 0 Å². The summed E-state index contributed by atoms with van der Waals surface area (Å²) in [5.41, 5.74) is 0. The Bertz CT molecular complexity index is 219. The predicted molar refractivity (Wildman–Crippen MR) is 64.2 cm³/mol. The lowest BCUT2D eigenvalue weighted by Gasteiger charge is -2.32. The van der Waals surface area contributed by atoms with E-state index in [-0.39, 0.29) is 0 Å². The summed E-state index contributed by atoms with van der Waals surface area (Å²) in [5, 5.41) is 12.2. The van der Waals surface area contributed by atoms with Crippen LogP contribution in [0.15, 0.2) is 0 Å². The first-order valence-electron chi connectivity index (χ1n) is 6.19. The van der Waals surface area contributed by atoms with E-state index in [1.165, 1.54) is 0 Å². The van der Waals surface area contributed by atoms with Gasteiger partial charge in [-0.1, -0.05) is 0 Å². The van der Waals surface area contributed by atoms with E-state index in [2.05, 4.69) is 23.2 Å². The van der Waals surface area contributed by atoms with E-state index < -0.39 is 0 Å². The summed E-state index contributed by atoms with van der Waals surface area (Å²) in [6.45, 7) is 8.40. The van der Waals surface area contributed by atoms with Crippen molar-refractivity contribution >= 4 is 0 Å². The zero-order valence-corrected chi connectivity index (χ0v) is 10.4. The van der Waals surface area contributed by atoms with Crippen LogP contribution in [0.5, 0.6) is 0 Å². The van der Waals surface area contributed by atoms with Crippen molar-refractivity contribution in [1.29, 1.82) is 5.26 Å². The smallest absolute Gasteiger partial charge is 0.0866 e. The number of likely N-dealkylation sites (tertiary alicyclic amines) is 1. The number of ether oxygens (including phenoxy) is 1. The lowest BCUT2D eigenvalue weighted by molar-refractivity contribution is 0.116. The van der Waals surface area contributed by atoms with E-state index in [0.717, 1.165) is 39.1 Å². The molecule has 92 valence electrons. The molecule has 0 radical (unpaired) electrons. The van der Waals surface area contributed by atoms with Gasteiger partial charge >= 0.3 is 0 Å². The highest BCUT2D eigenvalue weighted by Gasteiger charge is 2.19. The van der Waals surface area contributed by atoms with Crippen LogP contribution in [0.4, 0.5) is 0 Å². The van der Waals surface area contributed by atoms with Gasteiger partial charge < -0.3 is 10.1 Å². The number of hydrogen-bond acceptors (Lipinski definition) is 4. The summed E-state index contributed by atoms with van der Waals surface area (Å²) >= 11 is 0. The fourth-order valence-electron chi connectivity index (χ4n) is 2.10. The van der Waals surface area contributed by atoms with Gasteiger partial charge in [-0.25, -0.2) is 0 Å². The molecule has 1 fully saturated rings. The van der Waals surface area contributed by atoms with Crippen LogP contribution in [0.2, 0.25) is 0 Å². The van der Waals surface area contributed by atoms with Crippen molar-refractivity contribution in [2.24, 2.45) is 0 Å². The van der Waals surface area contributed by atoms with Crippen molar-refractivity contribution in [1.82, 2.24) is 10.2 Å². The standard InChI is InChI=1S/C12H23N3O/c1-3-16-10-11(2)14-12-4-7-15(8-5-12)9-6-13/h11-12,14H,3-5,7-10H2,1-2H3. The molecule has 1 aliphatic heterocycles. The Labute approximate surface area is 98.6 Å². The minimum absolute atomic E-state index is 0.424. The minimum atomic E-state index is 0.424. The van der Waals surface area contributed by atoms with E-state index in [1.807, 2.05) is 6.92 Å². The second-order valence-electron chi connectivity index (χ2n) is 4.44. The highest BCUT2D eigenvalue weighted by Crippen LogP contribution is 2.10. The maximum absolute atomic E-state index is 8.60. The van der Waals surface area contributed by atoms with Crippen molar-refractivity contribution in [3.05, 3.63) is 0 Å². The lowest BCUT2D eigenvalue weighted by atomic mass is 10.0. The molecule has 0 aliphatic carbocycles. The molecule has 1 aliphatic rings. The van der Waals surface area contributed by atoms with Crippen molar-refractivity contribution in [3.8, 4) is 6.07 Å². The van der Waals surface area contributed by atoms with Gasteiger partial charge in [-0.3, -0.25) is 4.90 Å². The molecule has 4 heteroatoms. The Kier molecular flexibility index (Phi) is 6.39. The van der Waals surface area contributed by atoms with E-state index >= 15 is 0 Å². The first-order chi connectivity index (χ1) is 7.76. The topological polar surface area (TPSA) is 48.3 Å². The first kappa shape index (κ1) is 13.4. The van der Waals surface area contributed by atoms with Crippen molar-refractivity contribution in [2.45, 2.75) is 38.8 Å². The Balaban J connectivity index is 2.14. The third-order valence-corrected chi connectivity index (χ3v) is 2.97. The molecule has 0 amide bonds. The van der Waals surface area contributed by atoms with Gasteiger partial charge in [-0.05, 0) is 26.7 Å². The van der Waals surface area contributed by atoms with Crippen molar-refractivity contribution in [2.75, 3.05) is 32.8 Å². The number of hydrogen-bond donors (Lipinski definition) is 1. The molecule has 1 rings (SSSR count). The normalized spacial score (nSPS) is 20.6. The minimum Gasteiger partial charge on any atom is -0.380 e. The molecule has 4 nitrogen and oxygen atoms in total. The number of nitrogens with zero attached hydrogens (tertiary/aromatic N) is 2. The van der Waals surface area contributed by atoms with Gasteiger partial charge in [0.1, 0.15) is 0 Å². The summed E-state index contributed by atoms with van der Waals surface area (Å²) in [7, 11) is 0. The highest BCUT2D eigenvalue weighted by molar-refractivity contribution is 4.84. The summed E-state index contributed by atoms with van der Waals surface area (Å²) in [6, 6.07) is 3.22. The van der Waals surface area contributed by atoms with E-state index in [1.54, 1.807) is 0 Å². The number of nitrogens with one attached hydrogen (secondary N) is 1. The molecule has 1 unspecified atom stereocenters. The van der Waals surface area contributed by atoms with Gasteiger partial charge in [0.25, 0.3) is 0 Å². The molecule has 16 heavy (non-hydrogen) atoms. The average molecular weight is 225 g/mol. The monoisotopic (exact) mass is 225 g/mol. The third-order valence-electron chi connectivity index (χ3n) is 2.97. The average Bonchev–Trinajstić information content (AvgIpc) is 2.29. The van der Waals surface area contributed by atoms with E-state index in [0.29, 0.717) is 18.6 Å². The maximum atomic E-state index is 8.60. The highest BCUT2D eigenvalue weighted by atomic mass is 16.5. The SMILES string of the molecule is CCOCC(C)NC1CCN(CC#N)CC1. The van der Waals surface area contributed by atoms with Crippen LogP contribution in [0.3, 0.4) is 0 Å². The molecular formula is C12H23N3O. The molecule has 0 aromatic heterocycles. The maximum Gasteiger partial charge on any atom is 0.0866 e. The fourth-order valence-corrected chi connectivity index (χ4v) is 2.10. The largest absolute Gasteiger partial charge is 0.380 e. The van der Waals surface area contributed by atoms with Crippen LogP contribution in [-0.4, -0.2) is 49.8 Å². The molecule has 1 heterocycles. The van der Waals surface area contributed by atoms with Gasteiger partial charge in [0, 0.05) is 31.8 Å². The number of piperidine rings is 1. The van der Waals surface area contributed by atoms with Gasteiger partial charge in [-0.2, -0.15) is 5.26 Å². The second kappa shape index (κ2) is 7.61. The van der Waals surface area contributed by atoms with Crippen LogP contribution in [0, 0.1) is 11.3 Å². The van der Waals surface area contributed by atoms with Crippen LogP contribution in [0.25, 0.3) is 0 Å². The summed E-state index contributed by atoms with van der Waals surface area (Å²) < 4.78 is 5.38. The quantitative estimate of drug-likeness (QED) is 0.685. The number of rotatable bonds is 6. The molecular weight excluding hydrogens is 202 g/mol. The molecule has 1 saturated heterocycles. The van der Waals surface area contributed by atoms with Gasteiger partial charge in [0.2, 0.25) is 0 Å². The van der Waals surface area contributed by atoms with Gasteiger partial charge in [-0.15, -0.1) is 0 Å². The molecule has 0 spiro atoms. The van der Waals surface area contributed by atoms with Gasteiger partial charge in [0.15, 0.2) is 0 Å². The Morgan fingerprint density at radius 1 is 1.50 bits per heavy atom. The van der Waals surface area contributed by atoms with Crippen LogP contribution >= 0.6 is 0 Å². The van der Waals surface area contributed by atoms with Gasteiger partial charge in [0.05, 0.1) is 19.2 Å². The van der Waals surface area contributed by atoms with E-state index in [4.69, 9.17) is 10.00 Å². The zero-order chi connectivity index (χ0) is 11.8. The predicted octanol–water partition coefficient (Wildman–Crippen LogP) is 0.989. The molecule has 0 bridgehead atoms. The Hall–Kier alpha value is -0.630.